The Balaban J connectivity index is 1.64. The van der Waals surface area contributed by atoms with Crippen LogP contribution in [0.15, 0.2) is 0 Å². The van der Waals surface area contributed by atoms with Crippen molar-refractivity contribution in [2.24, 2.45) is 5.92 Å². The Hall–Kier alpha value is -1.30. The van der Waals surface area contributed by atoms with E-state index in [1.807, 2.05) is 20.8 Å². The van der Waals surface area contributed by atoms with E-state index in [4.69, 9.17) is 4.74 Å². The van der Waals surface area contributed by atoms with Gasteiger partial charge in [-0.3, -0.25) is 4.79 Å². The van der Waals surface area contributed by atoms with Crippen molar-refractivity contribution >= 4 is 12.0 Å². The van der Waals surface area contributed by atoms with Gasteiger partial charge in [0.05, 0.1) is 0 Å². The summed E-state index contributed by atoms with van der Waals surface area (Å²) in [6.07, 6.45) is 3.72. The van der Waals surface area contributed by atoms with Crippen LogP contribution in [-0.2, 0) is 9.53 Å². The van der Waals surface area contributed by atoms with Crippen molar-refractivity contribution in [2.45, 2.75) is 58.1 Å². The van der Waals surface area contributed by atoms with Gasteiger partial charge in [0.15, 0.2) is 0 Å². The van der Waals surface area contributed by atoms with Crippen molar-refractivity contribution in [1.82, 2.24) is 15.1 Å². The summed E-state index contributed by atoms with van der Waals surface area (Å²) in [4.78, 5) is 28.2. The van der Waals surface area contributed by atoms with Crippen LogP contribution >= 0.6 is 0 Å². The molecule has 0 radical (unpaired) electrons. The zero-order valence-electron chi connectivity index (χ0n) is 14.9. The number of likely N-dealkylation sites (tertiary alicyclic amines) is 1. The maximum Gasteiger partial charge on any atom is 0.410 e. The normalized spacial score (nSPS) is 19.8. The summed E-state index contributed by atoms with van der Waals surface area (Å²) in [6, 6.07) is 0.726. The first kappa shape index (κ1) is 18.0. The van der Waals surface area contributed by atoms with Gasteiger partial charge >= 0.3 is 6.09 Å². The highest BCUT2D eigenvalue weighted by Gasteiger charge is 2.30. The quantitative estimate of drug-likeness (QED) is 0.838. The number of carbonyl (C=O) groups excluding carboxylic acids is 2. The van der Waals surface area contributed by atoms with Crippen LogP contribution in [0.25, 0.3) is 0 Å². The second-order valence-electron chi connectivity index (χ2n) is 7.74. The van der Waals surface area contributed by atoms with Crippen LogP contribution in [0.1, 0.15) is 46.5 Å². The number of hydrogen-bond acceptors (Lipinski definition) is 4. The first-order chi connectivity index (χ1) is 10.8. The number of nitrogens with one attached hydrogen (secondary N) is 1. The van der Waals surface area contributed by atoms with Gasteiger partial charge in [-0.2, -0.15) is 0 Å². The molecule has 0 aromatic carbocycles. The van der Waals surface area contributed by atoms with Crippen LogP contribution in [0, 0.1) is 5.92 Å². The third-order valence-corrected chi connectivity index (χ3v) is 4.45. The summed E-state index contributed by atoms with van der Waals surface area (Å²) >= 11 is 0. The molecule has 2 fully saturated rings. The zero-order valence-corrected chi connectivity index (χ0v) is 14.9. The Kier molecular flexibility index (Phi) is 5.89. The summed E-state index contributed by atoms with van der Waals surface area (Å²) in [6.45, 7) is 8.40. The van der Waals surface area contributed by atoms with Crippen LogP contribution in [0.5, 0.6) is 0 Å². The Morgan fingerprint density at radius 1 is 1.17 bits per heavy atom. The van der Waals surface area contributed by atoms with Gasteiger partial charge in [-0.05, 0) is 53.5 Å². The number of likely N-dealkylation sites (N-methyl/N-ethyl adjacent to an activating group) is 1. The van der Waals surface area contributed by atoms with E-state index >= 15 is 0 Å². The minimum Gasteiger partial charge on any atom is -0.444 e. The van der Waals surface area contributed by atoms with E-state index in [0.717, 1.165) is 12.6 Å². The van der Waals surface area contributed by atoms with Crippen molar-refractivity contribution in [3.05, 3.63) is 0 Å². The van der Waals surface area contributed by atoms with Gasteiger partial charge in [-0.25, -0.2) is 4.79 Å². The third kappa shape index (κ3) is 6.01. The molecule has 23 heavy (non-hydrogen) atoms. The summed E-state index contributed by atoms with van der Waals surface area (Å²) in [7, 11) is 2.11. The predicted octanol–water partition coefficient (Wildman–Crippen LogP) is 1.84. The molecule has 1 aliphatic heterocycles. The number of piperidine rings is 1. The summed E-state index contributed by atoms with van der Waals surface area (Å²) < 4.78 is 5.37. The summed E-state index contributed by atoms with van der Waals surface area (Å²) in [5, 5.41) is 3.03. The highest BCUT2D eigenvalue weighted by molar-refractivity contribution is 5.79. The number of rotatable bonds is 5. The molecule has 0 atom stereocenters. The van der Waals surface area contributed by atoms with Crippen LogP contribution < -0.4 is 5.32 Å². The number of amides is 2. The molecule has 2 aliphatic rings. The molecule has 132 valence electrons. The fourth-order valence-electron chi connectivity index (χ4n) is 2.85. The molecule has 1 heterocycles. The highest BCUT2D eigenvalue weighted by Crippen LogP contribution is 2.24. The van der Waals surface area contributed by atoms with E-state index in [1.54, 1.807) is 4.90 Å². The van der Waals surface area contributed by atoms with Gasteiger partial charge in [0.1, 0.15) is 5.60 Å². The molecule has 1 saturated carbocycles. The molecule has 0 bridgehead atoms. The molecule has 1 aliphatic carbocycles. The lowest BCUT2D eigenvalue weighted by Crippen LogP contribution is -2.45. The first-order valence-electron chi connectivity index (χ1n) is 8.72. The number of carbonyl (C=O) groups is 2. The predicted molar refractivity (Wildman–Crippen MR) is 89.2 cm³/mol. The van der Waals surface area contributed by atoms with E-state index in [1.165, 1.54) is 12.8 Å². The van der Waals surface area contributed by atoms with E-state index in [0.29, 0.717) is 32.5 Å². The maximum atomic E-state index is 12.2. The van der Waals surface area contributed by atoms with Gasteiger partial charge in [-0.1, -0.05) is 0 Å². The van der Waals surface area contributed by atoms with Gasteiger partial charge < -0.3 is 19.9 Å². The Morgan fingerprint density at radius 2 is 1.78 bits per heavy atom. The lowest BCUT2D eigenvalue weighted by Gasteiger charge is -2.33. The number of hydrogen-bond donors (Lipinski definition) is 1. The fraction of sp³-hybridized carbons (Fsp3) is 0.882. The van der Waals surface area contributed by atoms with Gasteiger partial charge in [0.2, 0.25) is 5.91 Å². The fourth-order valence-corrected chi connectivity index (χ4v) is 2.85. The second kappa shape index (κ2) is 7.51. The Bertz CT molecular complexity index is 421. The monoisotopic (exact) mass is 325 g/mol. The average Bonchev–Trinajstić information content (AvgIpc) is 3.30. The molecular formula is C17H31N3O3. The molecule has 6 heteroatoms. The molecule has 2 amide bonds. The Labute approximate surface area is 139 Å². The topological polar surface area (TPSA) is 61.9 Å². The summed E-state index contributed by atoms with van der Waals surface area (Å²) in [5.74, 6) is 0.137. The average molecular weight is 325 g/mol. The van der Waals surface area contributed by atoms with E-state index < -0.39 is 5.60 Å². The van der Waals surface area contributed by atoms with E-state index in [2.05, 4.69) is 17.3 Å². The molecule has 1 N–H and O–H groups in total. The van der Waals surface area contributed by atoms with Crippen LogP contribution in [0.4, 0.5) is 4.79 Å². The molecule has 6 nitrogen and oxygen atoms in total. The maximum absolute atomic E-state index is 12.2. The summed E-state index contributed by atoms with van der Waals surface area (Å²) in [5.41, 5.74) is -0.473. The molecule has 0 unspecified atom stereocenters. The standard InChI is InChI=1S/C17H31N3O3/c1-17(2,3)23-16(22)20-10-7-13(8-11-20)15(21)18-9-12-19(4)14-5-6-14/h13-14H,5-12H2,1-4H3,(H,18,21). The van der Waals surface area contributed by atoms with Crippen LogP contribution in [0.3, 0.4) is 0 Å². The molecule has 0 aromatic heterocycles. The van der Waals surface area contributed by atoms with Gasteiger partial charge in [0, 0.05) is 38.1 Å². The Morgan fingerprint density at radius 3 is 2.30 bits per heavy atom. The molecular weight excluding hydrogens is 294 g/mol. The van der Waals surface area contributed by atoms with Crippen molar-refractivity contribution in [2.75, 3.05) is 33.2 Å². The van der Waals surface area contributed by atoms with E-state index in [9.17, 15) is 9.59 Å². The largest absolute Gasteiger partial charge is 0.444 e. The lowest BCUT2D eigenvalue weighted by molar-refractivity contribution is -0.126. The van der Waals surface area contributed by atoms with Crippen molar-refractivity contribution in [3.63, 3.8) is 0 Å². The van der Waals surface area contributed by atoms with Gasteiger partial charge in [0.25, 0.3) is 0 Å². The second-order valence-corrected chi connectivity index (χ2v) is 7.74. The van der Waals surface area contributed by atoms with Crippen LogP contribution in [0.2, 0.25) is 0 Å². The minimum atomic E-state index is -0.473. The van der Waals surface area contributed by atoms with Gasteiger partial charge in [-0.15, -0.1) is 0 Å². The van der Waals surface area contributed by atoms with Crippen molar-refractivity contribution < 1.29 is 14.3 Å². The highest BCUT2D eigenvalue weighted by atomic mass is 16.6. The smallest absolute Gasteiger partial charge is 0.410 e. The number of ether oxygens (including phenoxy) is 1. The zero-order chi connectivity index (χ0) is 17.0. The molecule has 0 aromatic rings. The third-order valence-electron chi connectivity index (χ3n) is 4.45. The number of nitrogens with zero attached hydrogens (tertiary/aromatic N) is 2. The van der Waals surface area contributed by atoms with Crippen LogP contribution in [-0.4, -0.2) is 66.7 Å². The minimum absolute atomic E-state index is 0.0138. The molecule has 0 spiro atoms. The van der Waals surface area contributed by atoms with Crippen molar-refractivity contribution in [1.29, 1.82) is 0 Å². The lowest BCUT2D eigenvalue weighted by atomic mass is 9.96. The molecule has 1 saturated heterocycles. The van der Waals surface area contributed by atoms with E-state index in [-0.39, 0.29) is 17.9 Å². The molecule has 2 rings (SSSR count). The SMILES string of the molecule is CN(CCNC(=O)C1CCN(C(=O)OC(C)(C)C)CC1)C1CC1. The van der Waals surface area contributed by atoms with Crippen molar-refractivity contribution in [3.8, 4) is 0 Å². The first-order valence-corrected chi connectivity index (χ1v) is 8.72.